The second kappa shape index (κ2) is 5.31. The van der Waals surface area contributed by atoms with Crippen LogP contribution in [0.25, 0.3) is 0 Å². The van der Waals surface area contributed by atoms with Gasteiger partial charge in [0.15, 0.2) is 5.41 Å². The van der Waals surface area contributed by atoms with E-state index in [1.807, 2.05) is 27.7 Å². The Kier molecular flexibility index (Phi) is 4.55. The van der Waals surface area contributed by atoms with Crippen molar-refractivity contribution in [2.75, 3.05) is 13.1 Å². The Morgan fingerprint density at radius 1 is 1.21 bits per heavy atom. The SMILES string of the molecule is CC(C)C(C(C)C)N1CCC(C(=O)O)(C(F)(F)F)C1. The maximum absolute atomic E-state index is 13.1. The molecule has 19 heavy (non-hydrogen) atoms. The predicted molar refractivity (Wildman–Crippen MR) is 65.8 cm³/mol. The molecule has 1 atom stereocenters. The highest BCUT2D eigenvalue weighted by Crippen LogP contribution is 2.47. The van der Waals surface area contributed by atoms with E-state index in [2.05, 4.69) is 0 Å². The lowest BCUT2D eigenvalue weighted by molar-refractivity contribution is -0.228. The molecule has 0 aromatic heterocycles. The molecule has 1 unspecified atom stereocenters. The Balaban J connectivity index is 3.00. The molecule has 1 N–H and O–H groups in total. The summed E-state index contributed by atoms with van der Waals surface area (Å²) in [7, 11) is 0. The van der Waals surface area contributed by atoms with Crippen LogP contribution in [0.4, 0.5) is 13.2 Å². The number of halogens is 3. The monoisotopic (exact) mass is 281 g/mol. The molecular formula is C13H22F3NO2. The van der Waals surface area contributed by atoms with Gasteiger partial charge in [0.05, 0.1) is 0 Å². The third-order valence-corrected chi connectivity index (χ3v) is 4.04. The van der Waals surface area contributed by atoms with Crippen LogP contribution in [-0.2, 0) is 4.79 Å². The lowest BCUT2D eigenvalue weighted by Gasteiger charge is -2.35. The van der Waals surface area contributed by atoms with E-state index >= 15 is 0 Å². The number of carbonyl (C=O) groups is 1. The van der Waals surface area contributed by atoms with Crippen LogP contribution >= 0.6 is 0 Å². The normalized spacial score (nSPS) is 25.8. The van der Waals surface area contributed by atoms with Crippen molar-refractivity contribution in [2.24, 2.45) is 17.3 Å². The first-order valence-electron chi connectivity index (χ1n) is 6.57. The van der Waals surface area contributed by atoms with Crippen LogP contribution in [0, 0.1) is 17.3 Å². The molecule has 0 amide bonds. The molecule has 112 valence electrons. The number of hydrogen-bond donors (Lipinski definition) is 1. The van der Waals surface area contributed by atoms with Gasteiger partial charge in [0.1, 0.15) is 0 Å². The molecule has 1 heterocycles. The Bertz CT molecular complexity index is 333. The highest BCUT2D eigenvalue weighted by Gasteiger charge is 2.64. The summed E-state index contributed by atoms with van der Waals surface area (Å²) >= 11 is 0. The van der Waals surface area contributed by atoms with E-state index in [-0.39, 0.29) is 30.8 Å². The summed E-state index contributed by atoms with van der Waals surface area (Å²) in [5.74, 6) is -1.37. The van der Waals surface area contributed by atoms with Gasteiger partial charge < -0.3 is 5.11 Å². The van der Waals surface area contributed by atoms with Crippen LogP contribution in [0.5, 0.6) is 0 Å². The minimum atomic E-state index is -4.70. The van der Waals surface area contributed by atoms with Crippen molar-refractivity contribution >= 4 is 5.97 Å². The lowest BCUT2D eigenvalue weighted by atomic mass is 9.86. The van der Waals surface area contributed by atoms with E-state index in [9.17, 15) is 18.0 Å². The molecule has 0 aliphatic carbocycles. The number of rotatable bonds is 4. The van der Waals surface area contributed by atoms with Crippen LogP contribution in [0.15, 0.2) is 0 Å². The molecule has 1 fully saturated rings. The number of aliphatic carboxylic acids is 1. The Morgan fingerprint density at radius 3 is 1.95 bits per heavy atom. The average Bonchev–Trinajstić information content (AvgIpc) is 2.61. The fraction of sp³-hybridized carbons (Fsp3) is 0.923. The molecule has 0 bridgehead atoms. The van der Waals surface area contributed by atoms with Gasteiger partial charge in [-0.3, -0.25) is 9.69 Å². The second-order valence-electron chi connectivity index (χ2n) is 6.08. The number of alkyl halides is 3. The van der Waals surface area contributed by atoms with Gasteiger partial charge in [-0.05, 0) is 24.8 Å². The number of hydrogen-bond acceptors (Lipinski definition) is 2. The van der Waals surface area contributed by atoms with E-state index in [1.54, 1.807) is 4.90 Å². The van der Waals surface area contributed by atoms with Gasteiger partial charge in [-0.15, -0.1) is 0 Å². The molecular weight excluding hydrogens is 259 g/mol. The predicted octanol–water partition coefficient (Wildman–Crippen LogP) is 3.01. The highest BCUT2D eigenvalue weighted by molar-refractivity contribution is 5.76. The molecule has 0 radical (unpaired) electrons. The summed E-state index contributed by atoms with van der Waals surface area (Å²) in [6, 6.07) is -0.0245. The van der Waals surface area contributed by atoms with Gasteiger partial charge in [-0.2, -0.15) is 13.2 Å². The van der Waals surface area contributed by atoms with Crippen LogP contribution in [-0.4, -0.2) is 41.3 Å². The van der Waals surface area contributed by atoms with E-state index in [0.717, 1.165) is 0 Å². The molecule has 3 nitrogen and oxygen atoms in total. The lowest BCUT2D eigenvalue weighted by Crippen LogP contribution is -2.49. The van der Waals surface area contributed by atoms with Crippen LogP contribution in [0.3, 0.4) is 0 Å². The summed E-state index contributed by atoms with van der Waals surface area (Å²) in [4.78, 5) is 12.8. The zero-order valence-corrected chi connectivity index (χ0v) is 11.8. The number of likely N-dealkylation sites (tertiary alicyclic amines) is 1. The number of carboxylic acids is 1. The van der Waals surface area contributed by atoms with Gasteiger partial charge in [-0.1, -0.05) is 27.7 Å². The highest BCUT2D eigenvalue weighted by atomic mass is 19.4. The largest absolute Gasteiger partial charge is 0.481 e. The third kappa shape index (κ3) is 2.88. The van der Waals surface area contributed by atoms with Crippen molar-refractivity contribution in [3.8, 4) is 0 Å². The first kappa shape index (κ1) is 16.3. The summed E-state index contributed by atoms with van der Waals surface area (Å²) < 4.78 is 39.3. The quantitative estimate of drug-likeness (QED) is 0.861. The van der Waals surface area contributed by atoms with Crippen LogP contribution in [0.2, 0.25) is 0 Å². The fourth-order valence-corrected chi connectivity index (χ4v) is 3.23. The average molecular weight is 281 g/mol. The standard InChI is InChI=1S/C13H22F3NO2/c1-8(2)10(9(3)4)17-6-5-12(7-17,11(18)19)13(14,15)16/h8-10H,5-7H2,1-4H3,(H,18,19). The molecule has 1 aliphatic rings. The fourth-order valence-electron chi connectivity index (χ4n) is 3.23. The van der Waals surface area contributed by atoms with E-state index in [0.29, 0.717) is 0 Å². The Hall–Kier alpha value is -0.780. The Morgan fingerprint density at radius 2 is 1.68 bits per heavy atom. The van der Waals surface area contributed by atoms with Gasteiger partial charge in [-0.25, -0.2) is 0 Å². The molecule has 0 aromatic carbocycles. The minimum absolute atomic E-state index is 0.0245. The zero-order chi connectivity index (χ0) is 15.0. The van der Waals surface area contributed by atoms with E-state index in [4.69, 9.17) is 5.11 Å². The van der Waals surface area contributed by atoms with Crippen molar-refractivity contribution in [1.82, 2.24) is 4.90 Å². The van der Waals surface area contributed by atoms with Crippen molar-refractivity contribution in [2.45, 2.75) is 46.3 Å². The smallest absolute Gasteiger partial charge is 0.406 e. The molecule has 6 heteroatoms. The summed E-state index contributed by atoms with van der Waals surface area (Å²) in [6.45, 7) is 7.58. The van der Waals surface area contributed by atoms with E-state index < -0.39 is 24.1 Å². The van der Waals surface area contributed by atoms with Crippen LogP contribution < -0.4 is 0 Å². The number of nitrogens with zero attached hydrogens (tertiary/aromatic N) is 1. The van der Waals surface area contributed by atoms with Crippen molar-refractivity contribution in [1.29, 1.82) is 0 Å². The Labute approximate surface area is 111 Å². The van der Waals surface area contributed by atoms with Gasteiger partial charge in [0.2, 0.25) is 0 Å². The van der Waals surface area contributed by atoms with Crippen molar-refractivity contribution < 1.29 is 23.1 Å². The molecule has 0 spiro atoms. The molecule has 0 aromatic rings. The first-order valence-corrected chi connectivity index (χ1v) is 6.57. The van der Waals surface area contributed by atoms with Crippen molar-refractivity contribution in [3.63, 3.8) is 0 Å². The summed E-state index contributed by atoms with van der Waals surface area (Å²) in [5, 5.41) is 9.03. The molecule has 1 aliphatic heterocycles. The number of carboxylic acid groups (broad SMARTS) is 1. The van der Waals surface area contributed by atoms with Crippen molar-refractivity contribution in [3.05, 3.63) is 0 Å². The molecule has 0 saturated carbocycles. The topological polar surface area (TPSA) is 40.5 Å². The maximum Gasteiger partial charge on any atom is 0.406 e. The van der Waals surface area contributed by atoms with Crippen LogP contribution in [0.1, 0.15) is 34.1 Å². The third-order valence-electron chi connectivity index (χ3n) is 4.04. The summed E-state index contributed by atoms with van der Waals surface area (Å²) in [5.41, 5.74) is -2.60. The zero-order valence-electron chi connectivity index (χ0n) is 11.8. The first-order chi connectivity index (χ1) is 8.53. The molecule has 1 rings (SSSR count). The molecule has 1 saturated heterocycles. The van der Waals surface area contributed by atoms with Gasteiger partial charge in [0, 0.05) is 12.6 Å². The van der Waals surface area contributed by atoms with Gasteiger partial charge >= 0.3 is 12.1 Å². The minimum Gasteiger partial charge on any atom is -0.481 e. The van der Waals surface area contributed by atoms with Gasteiger partial charge in [0.25, 0.3) is 0 Å². The second-order valence-corrected chi connectivity index (χ2v) is 6.08. The summed E-state index contributed by atoms with van der Waals surface area (Å²) in [6.07, 6.45) is -5.06. The van der Waals surface area contributed by atoms with E-state index in [1.165, 1.54) is 0 Å². The maximum atomic E-state index is 13.1.